The van der Waals surface area contributed by atoms with E-state index >= 15 is 0 Å². The van der Waals surface area contributed by atoms with Gasteiger partial charge >= 0.3 is 0 Å². The van der Waals surface area contributed by atoms with Crippen molar-refractivity contribution in [2.75, 3.05) is 26.3 Å². The predicted octanol–water partition coefficient (Wildman–Crippen LogP) is 2.71. The molecule has 1 aliphatic heterocycles. The number of nitrogens with one attached hydrogen (secondary N) is 1. The van der Waals surface area contributed by atoms with Crippen molar-refractivity contribution in [2.45, 2.75) is 38.2 Å². The first kappa shape index (κ1) is 15.1. The van der Waals surface area contributed by atoms with Gasteiger partial charge in [-0.15, -0.1) is 0 Å². The number of benzene rings is 1. The monoisotopic (exact) mass is 279 g/mol. The first-order valence-corrected chi connectivity index (χ1v) is 7.59. The Morgan fingerprint density at radius 2 is 2.05 bits per heavy atom. The van der Waals surface area contributed by atoms with Gasteiger partial charge in [0.25, 0.3) is 0 Å². The fourth-order valence-corrected chi connectivity index (χ4v) is 2.39. The second-order valence-electron chi connectivity index (χ2n) is 5.22. The third-order valence-corrected chi connectivity index (χ3v) is 3.55. The van der Waals surface area contributed by atoms with Gasteiger partial charge in [0, 0.05) is 13.1 Å². The summed E-state index contributed by atoms with van der Waals surface area (Å²) in [6.45, 7) is 3.49. The molecule has 0 bridgehead atoms. The molecule has 4 heteroatoms. The fourth-order valence-electron chi connectivity index (χ4n) is 2.39. The summed E-state index contributed by atoms with van der Waals surface area (Å²) in [5, 5.41) is 12.9. The van der Waals surface area contributed by atoms with Crippen LogP contribution in [0.3, 0.4) is 0 Å². The zero-order valence-electron chi connectivity index (χ0n) is 12.0. The molecular weight excluding hydrogens is 254 g/mol. The minimum absolute atomic E-state index is 0.217. The Hall–Kier alpha value is -1.26. The Bertz CT molecular complexity index is 378. The van der Waals surface area contributed by atoms with E-state index < -0.39 is 0 Å². The molecule has 112 valence electrons. The lowest BCUT2D eigenvalue weighted by Crippen LogP contribution is -2.38. The van der Waals surface area contributed by atoms with Gasteiger partial charge in [-0.3, -0.25) is 0 Å². The molecule has 0 radical (unpaired) electrons. The molecule has 1 aliphatic rings. The maximum Gasteiger partial charge on any atom is 0.160 e. The van der Waals surface area contributed by atoms with Crippen LogP contribution in [-0.4, -0.2) is 37.5 Å². The lowest BCUT2D eigenvalue weighted by atomic mass is 10.1. The molecule has 4 nitrogen and oxygen atoms in total. The number of aromatic hydroxyl groups is 1. The zero-order chi connectivity index (χ0) is 14.0. The van der Waals surface area contributed by atoms with Crippen LogP contribution in [0.25, 0.3) is 0 Å². The van der Waals surface area contributed by atoms with Gasteiger partial charge in [-0.2, -0.15) is 0 Å². The molecule has 20 heavy (non-hydrogen) atoms. The molecule has 1 unspecified atom stereocenters. The fraction of sp³-hybridized carbons (Fsp3) is 0.625. The van der Waals surface area contributed by atoms with E-state index in [2.05, 4.69) is 5.32 Å². The summed E-state index contributed by atoms with van der Waals surface area (Å²) in [5.41, 5.74) is 0. The van der Waals surface area contributed by atoms with E-state index in [0.717, 1.165) is 39.0 Å². The molecular formula is C16H25NO3. The lowest BCUT2D eigenvalue weighted by Gasteiger charge is -2.23. The van der Waals surface area contributed by atoms with Crippen molar-refractivity contribution in [1.29, 1.82) is 0 Å². The predicted molar refractivity (Wildman–Crippen MR) is 79.3 cm³/mol. The third kappa shape index (κ3) is 5.39. The van der Waals surface area contributed by atoms with E-state index in [1.807, 2.05) is 6.07 Å². The second kappa shape index (κ2) is 8.82. The smallest absolute Gasteiger partial charge is 0.160 e. The molecule has 1 aromatic carbocycles. The molecule has 0 aromatic heterocycles. The van der Waals surface area contributed by atoms with Crippen molar-refractivity contribution >= 4 is 0 Å². The molecule has 2 N–H and O–H groups in total. The van der Waals surface area contributed by atoms with Crippen LogP contribution in [-0.2, 0) is 4.74 Å². The SMILES string of the molecule is Oc1ccccc1OCCCCCCC1CNCCO1. The van der Waals surface area contributed by atoms with E-state index in [1.165, 1.54) is 12.8 Å². The number of hydrogen-bond donors (Lipinski definition) is 2. The minimum atomic E-state index is 0.217. The van der Waals surface area contributed by atoms with Crippen LogP contribution in [0, 0.1) is 0 Å². The molecule has 0 spiro atoms. The number of unbranched alkanes of at least 4 members (excludes halogenated alkanes) is 3. The van der Waals surface area contributed by atoms with Gasteiger partial charge in [-0.25, -0.2) is 0 Å². The van der Waals surface area contributed by atoms with Crippen LogP contribution in [0.4, 0.5) is 0 Å². The van der Waals surface area contributed by atoms with Crippen molar-refractivity contribution in [2.24, 2.45) is 0 Å². The van der Waals surface area contributed by atoms with Crippen LogP contribution < -0.4 is 10.1 Å². The topological polar surface area (TPSA) is 50.7 Å². The van der Waals surface area contributed by atoms with E-state index in [1.54, 1.807) is 18.2 Å². The average molecular weight is 279 g/mol. The summed E-state index contributed by atoms with van der Waals surface area (Å²) in [5.74, 6) is 0.795. The molecule has 1 saturated heterocycles. The molecule has 1 fully saturated rings. The van der Waals surface area contributed by atoms with Crippen molar-refractivity contribution in [1.82, 2.24) is 5.32 Å². The Labute approximate surface area is 121 Å². The van der Waals surface area contributed by atoms with Gasteiger partial charge in [0.1, 0.15) is 0 Å². The van der Waals surface area contributed by atoms with Gasteiger partial charge in [-0.1, -0.05) is 31.4 Å². The second-order valence-corrected chi connectivity index (χ2v) is 5.22. The van der Waals surface area contributed by atoms with Crippen LogP contribution in [0.5, 0.6) is 11.5 Å². The summed E-state index contributed by atoms with van der Waals surface area (Å²) in [4.78, 5) is 0. The number of phenolic OH excluding ortho intramolecular Hbond substituents is 1. The first-order valence-electron chi connectivity index (χ1n) is 7.59. The Morgan fingerprint density at radius 3 is 2.85 bits per heavy atom. The van der Waals surface area contributed by atoms with Crippen molar-refractivity contribution < 1.29 is 14.6 Å². The van der Waals surface area contributed by atoms with E-state index in [4.69, 9.17) is 9.47 Å². The van der Waals surface area contributed by atoms with E-state index in [-0.39, 0.29) is 5.75 Å². The highest BCUT2D eigenvalue weighted by molar-refractivity contribution is 5.37. The van der Waals surface area contributed by atoms with Gasteiger partial charge < -0.3 is 19.9 Å². The van der Waals surface area contributed by atoms with E-state index in [0.29, 0.717) is 18.5 Å². The number of para-hydroxylation sites is 2. The number of morpholine rings is 1. The van der Waals surface area contributed by atoms with Gasteiger partial charge in [-0.05, 0) is 25.0 Å². The summed E-state index contributed by atoms with van der Waals surface area (Å²) < 4.78 is 11.2. The standard InChI is InChI=1S/C16H25NO3/c18-15-8-4-5-9-16(15)20-11-6-2-1-3-7-14-13-17-10-12-19-14/h4-5,8-9,14,17-18H,1-3,6-7,10-13H2. The molecule has 1 heterocycles. The van der Waals surface area contributed by atoms with Crippen LogP contribution >= 0.6 is 0 Å². The Morgan fingerprint density at radius 1 is 1.20 bits per heavy atom. The van der Waals surface area contributed by atoms with Crippen LogP contribution in [0.1, 0.15) is 32.1 Å². The quantitative estimate of drug-likeness (QED) is 0.718. The van der Waals surface area contributed by atoms with Gasteiger partial charge in [0.2, 0.25) is 0 Å². The average Bonchev–Trinajstić information content (AvgIpc) is 2.49. The highest BCUT2D eigenvalue weighted by Gasteiger charge is 2.12. The van der Waals surface area contributed by atoms with Gasteiger partial charge in [0.15, 0.2) is 11.5 Å². The normalized spacial score (nSPS) is 18.9. The molecule has 2 rings (SSSR count). The molecule has 0 saturated carbocycles. The van der Waals surface area contributed by atoms with Crippen molar-refractivity contribution in [3.8, 4) is 11.5 Å². The maximum atomic E-state index is 9.55. The summed E-state index contributed by atoms with van der Waals surface area (Å²) in [6.07, 6.45) is 6.16. The highest BCUT2D eigenvalue weighted by Crippen LogP contribution is 2.24. The van der Waals surface area contributed by atoms with Gasteiger partial charge in [0.05, 0.1) is 19.3 Å². The number of hydrogen-bond acceptors (Lipinski definition) is 4. The summed E-state index contributed by atoms with van der Waals surface area (Å²) in [7, 11) is 0. The van der Waals surface area contributed by atoms with Crippen LogP contribution in [0.15, 0.2) is 24.3 Å². The summed E-state index contributed by atoms with van der Waals surface area (Å²) >= 11 is 0. The first-order chi connectivity index (χ1) is 9.86. The zero-order valence-corrected chi connectivity index (χ0v) is 12.0. The van der Waals surface area contributed by atoms with Crippen molar-refractivity contribution in [3.63, 3.8) is 0 Å². The molecule has 1 atom stereocenters. The highest BCUT2D eigenvalue weighted by atomic mass is 16.5. The molecule has 0 aliphatic carbocycles. The molecule has 0 amide bonds. The Kier molecular flexibility index (Phi) is 6.68. The number of phenols is 1. The van der Waals surface area contributed by atoms with Crippen molar-refractivity contribution in [3.05, 3.63) is 24.3 Å². The lowest BCUT2D eigenvalue weighted by molar-refractivity contribution is 0.0220. The minimum Gasteiger partial charge on any atom is -0.504 e. The number of ether oxygens (including phenoxy) is 2. The Balaban J connectivity index is 1.46. The molecule has 1 aromatic rings. The number of rotatable bonds is 8. The van der Waals surface area contributed by atoms with E-state index in [9.17, 15) is 5.11 Å². The third-order valence-electron chi connectivity index (χ3n) is 3.55. The largest absolute Gasteiger partial charge is 0.504 e. The van der Waals surface area contributed by atoms with Crippen LogP contribution in [0.2, 0.25) is 0 Å². The maximum absolute atomic E-state index is 9.55. The summed E-state index contributed by atoms with van der Waals surface area (Å²) in [6, 6.07) is 7.11.